The molecule has 3 heteroatoms. The Morgan fingerprint density at radius 1 is 1.31 bits per heavy atom. The zero-order valence-electron chi connectivity index (χ0n) is 9.66. The van der Waals surface area contributed by atoms with Crippen LogP contribution in [-0.4, -0.2) is 13.1 Å². The zero-order valence-corrected chi connectivity index (χ0v) is 9.66. The summed E-state index contributed by atoms with van der Waals surface area (Å²) in [5, 5.41) is 0. The molecule has 1 rings (SSSR count). The summed E-state index contributed by atoms with van der Waals surface area (Å²) in [4.78, 5) is 11.2. The van der Waals surface area contributed by atoms with Crippen molar-refractivity contribution in [3.8, 4) is 0 Å². The van der Waals surface area contributed by atoms with Crippen molar-refractivity contribution < 1.29 is 13.9 Å². The van der Waals surface area contributed by atoms with Gasteiger partial charge in [-0.2, -0.15) is 0 Å². The molecule has 0 aliphatic rings. The molecular formula is C13H15FO2. The van der Waals surface area contributed by atoms with E-state index in [1.54, 1.807) is 12.1 Å². The van der Waals surface area contributed by atoms with Gasteiger partial charge in [-0.05, 0) is 29.2 Å². The fraction of sp³-hybridized carbons (Fsp3) is 0.308. The van der Waals surface area contributed by atoms with Gasteiger partial charge in [-0.25, -0.2) is 9.18 Å². The van der Waals surface area contributed by atoms with Crippen LogP contribution < -0.4 is 0 Å². The van der Waals surface area contributed by atoms with Gasteiger partial charge in [0.25, 0.3) is 0 Å². The Morgan fingerprint density at radius 3 is 2.31 bits per heavy atom. The van der Waals surface area contributed by atoms with E-state index in [0.717, 1.165) is 11.1 Å². The number of rotatable bonds is 3. The number of hydrogen-bond acceptors (Lipinski definition) is 2. The molecule has 0 spiro atoms. The molecule has 0 aliphatic heterocycles. The minimum atomic E-state index is -0.395. The van der Waals surface area contributed by atoms with Gasteiger partial charge in [0, 0.05) is 6.08 Å². The first-order valence-electron chi connectivity index (χ1n) is 5.10. The van der Waals surface area contributed by atoms with Crippen LogP contribution in [0.15, 0.2) is 30.3 Å². The molecule has 0 amide bonds. The highest BCUT2D eigenvalue weighted by Gasteiger charge is 2.09. The Kier molecular flexibility index (Phi) is 4.23. The predicted octanol–water partition coefficient (Wildman–Crippen LogP) is 3.04. The van der Waals surface area contributed by atoms with Crippen molar-refractivity contribution in [3.63, 3.8) is 0 Å². The lowest BCUT2D eigenvalue weighted by Crippen LogP contribution is -2.01. The van der Waals surface area contributed by atoms with Crippen molar-refractivity contribution in [3.05, 3.63) is 41.7 Å². The van der Waals surface area contributed by atoms with Crippen molar-refractivity contribution >= 4 is 11.5 Å². The van der Waals surface area contributed by atoms with Gasteiger partial charge in [0.2, 0.25) is 0 Å². The number of benzene rings is 1. The maximum absolute atomic E-state index is 12.8. The fourth-order valence-corrected chi connectivity index (χ4v) is 1.41. The smallest absolute Gasteiger partial charge is 0.330 e. The zero-order chi connectivity index (χ0) is 12.1. The van der Waals surface area contributed by atoms with E-state index in [2.05, 4.69) is 4.74 Å². The largest absolute Gasteiger partial charge is 0.466 e. The summed E-state index contributed by atoms with van der Waals surface area (Å²) in [5.41, 5.74) is 1.67. The Bertz CT molecular complexity index is 391. The number of methoxy groups -OCH3 is 1. The summed E-state index contributed by atoms with van der Waals surface area (Å²) in [6, 6.07) is 6.07. The van der Waals surface area contributed by atoms with Gasteiger partial charge in [0.15, 0.2) is 0 Å². The van der Waals surface area contributed by atoms with Crippen LogP contribution in [-0.2, 0) is 9.53 Å². The van der Waals surface area contributed by atoms with Gasteiger partial charge < -0.3 is 4.74 Å². The molecule has 0 fully saturated rings. The second kappa shape index (κ2) is 5.45. The van der Waals surface area contributed by atoms with E-state index in [1.807, 2.05) is 13.8 Å². The minimum Gasteiger partial charge on any atom is -0.466 e. The van der Waals surface area contributed by atoms with Crippen LogP contribution in [0.25, 0.3) is 5.57 Å². The molecule has 1 aromatic rings. The quantitative estimate of drug-likeness (QED) is 0.580. The molecule has 0 saturated carbocycles. The van der Waals surface area contributed by atoms with Crippen LogP contribution >= 0.6 is 0 Å². The molecule has 0 N–H and O–H groups in total. The Balaban J connectivity index is 3.08. The summed E-state index contributed by atoms with van der Waals surface area (Å²) in [5.74, 6) is -0.512. The molecule has 0 heterocycles. The van der Waals surface area contributed by atoms with Crippen molar-refractivity contribution in [2.24, 2.45) is 5.92 Å². The SMILES string of the molecule is COC(=O)C=C(c1ccc(F)cc1)C(C)C. The summed E-state index contributed by atoms with van der Waals surface area (Å²) in [7, 11) is 1.33. The lowest BCUT2D eigenvalue weighted by molar-refractivity contribution is -0.134. The van der Waals surface area contributed by atoms with Crippen LogP contribution in [0, 0.1) is 11.7 Å². The van der Waals surface area contributed by atoms with Gasteiger partial charge in [-0.3, -0.25) is 0 Å². The molecule has 0 bridgehead atoms. The first kappa shape index (κ1) is 12.4. The van der Waals surface area contributed by atoms with Gasteiger partial charge in [0.1, 0.15) is 5.82 Å². The summed E-state index contributed by atoms with van der Waals surface area (Å²) in [6.45, 7) is 3.94. The maximum atomic E-state index is 12.8. The number of carbonyl (C=O) groups excluding carboxylic acids is 1. The van der Waals surface area contributed by atoms with E-state index in [9.17, 15) is 9.18 Å². The highest BCUT2D eigenvalue weighted by Crippen LogP contribution is 2.23. The van der Waals surface area contributed by atoms with Crippen LogP contribution in [0.2, 0.25) is 0 Å². The molecule has 0 saturated heterocycles. The summed E-state index contributed by atoms with van der Waals surface area (Å²) in [6.07, 6.45) is 1.44. The molecule has 0 atom stereocenters. The normalized spacial score (nSPS) is 11.7. The minimum absolute atomic E-state index is 0.171. The van der Waals surface area contributed by atoms with Crippen molar-refractivity contribution in [2.45, 2.75) is 13.8 Å². The molecule has 2 nitrogen and oxygen atoms in total. The number of carbonyl (C=O) groups is 1. The molecule has 0 radical (unpaired) electrons. The molecule has 16 heavy (non-hydrogen) atoms. The summed E-state index contributed by atoms with van der Waals surface area (Å²) >= 11 is 0. The second-order valence-electron chi connectivity index (χ2n) is 3.78. The number of halogens is 1. The standard InChI is InChI=1S/C13H15FO2/c1-9(2)12(8-13(15)16-3)10-4-6-11(14)7-5-10/h4-9H,1-3H3. The third kappa shape index (κ3) is 3.19. The Morgan fingerprint density at radius 2 is 1.88 bits per heavy atom. The van der Waals surface area contributed by atoms with Gasteiger partial charge in [-0.15, -0.1) is 0 Å². The number of hydrogen-bond donors (Lipinski definition) is 0. The third-order valence-corrected chi connectivity index (χ3v) is 2.27. The molecule has 0 aliphatic carbocycles. The fourth-order valence-electron chi connectivity index (χ4n) is 1.41. The van der Waals surface area contributed by atoms with E-state index in [0.29, 0.717) is 0 Å². The number of ether oxygens (including phenoxy) is 1. The van der Waals surface area contributed by atoms with E-state index in [-0.39, 0.29) is 11.7 Å². The van der Waals surface area contributed by atoms with E-state index < -0.39 is 5.97 Å². The van der Waals surface area contributed by atoms with Gasteiger partial charge in [0.05, 0.1) is 7.11 Å². The van der Waals surface area contributed by atoms with E-state index in [1.165, 1.54) is 25.3 Å². The summed E-state index contributed by atoms with van der Waals surface area (Å²) < 4.78 is 17.4. The number of allylic oxidation sites excluding steroid dienone is 1. The van der Waals surface area contributed by atoms with Crippen LogP contribution in [0.3, 0.4) is 0 Å². The Hall–Kier alpha value is -1.64. The van der Waals surface area contributed by atoms with Gasteiger partial charge in [-0.1, -0.05) is 26.0 Å². The number of esters is 1. The highest BCUT2D eigenvalue weighted by atomic mass is 19.1. The molecule has 1 aromatic carbocycles. The predicted molar refractivity (Wildman–Crippen MR) is 61.2 cm³/mol. The first-order chi connectivity index (χ1) is 7.54. The second-order valence-corrected chi connectivity index (χ2v) is 3.78. The Labute approximate surface area is 94.7 Å². The van der Waals surface area contributed by atoms with Crippen molar-refractivity contribution in [1.82, 2.24) is 0 Å². The monoisotopic (exact) mass is 222 g/mol. The average Bonchev–Trinajstić information content (AvgIpc) is 2.26. The molecular weight excluding hydrogens is 207 g/mol. The highest BCUT2D eigenvalue weighted by molar-refractivity contribution is 5.91. The van der Waals surface area contributed by atoms with Crippen molar-refractivity contribution in [2.75, 3.05) is 7.11 Å². The molecule has 86 valence electrons. The lowest BCUT2D eigenvalue weighted by atomic mass is 9.95. The average molecular weight is 222 g/mol. The maximum Gasteiger partial charge on any atom is 0.330 e. The van der Waals surface area contributed by atoms with E-state index >= 15 is 0 Å². The lowest BCUT2D eigenvalue weighted by Gasteiger charge is -2.11. The van der Waals surface area contributed by atoms with E-state index in [4.69, 9.17) is 0 Å². The van der Waals surface area contributed by atoms with Crippen molar-refractivity contribution in [1.29, 1.82) is 0 Å². The van der Waals surface area contributed by atoms with Crippen LogP contribution in [0.1, 0.15) is 19.4 Å². The first-order valence-corrected chi connectivity index (χ1v) is 5.10. The third-order valence-electron chi connectivity index (χ3n) is 2.27. The molecule has 0 aromatic heterocycles. The van der Waals surface area contributed by atoms with Crippen LogP contribution in [0.5, 0.6) is 0 Å². The van der Waals surface area contributed by atoms with Crippen LogP contribution in [0.4, 0.5) is 4.39 Å². The van der Waals surface area contributed by atoms with Gasteiger partial charge >= 0.3 is 5.97 Å². The topological polar surface area (TPSA) is 26.3 Å². The molecule has 0 unspecified atom stereocenters.